The summed E-state index contributed by atoms with van der Waals surface area (Å²) in [6, 6.07) is 4.82. The second-order valence-corrected chi connectivity index (χ2v) is 6.80. The Morgan fingerprint density at radius 1 is 1.25 bits per heavy atom. The first-order valence-electron chi connectivity index (χ1n) is 8.80. The Bertz CT molecular complexity index is 579. The molecule has 1 aromatic rings. The first kappa shape index (κ1) is 18.2. The molecule has 1 aliphatic heterocycles. The van der Waals surface area contributed by atoms with Gasteiger partial charge in [0.05, 0.1) is 4.92 Å². The largest absolute Gasteiger partial charge is 0.366 e. The Kier molecular flexibility index (Phi) is 6.58. The maximum atomic E-state index is 12.2. The Morgan fingerprint density at radius 2 is 1.92 bits per heavy atom. The SMILES string of the molecule is CC(C)CCNC(=O)c1ccc(N2CCCCCC2)c([N+](=O)[O-])c1. The first-order chi connectivity index (χ1) is 11.5. The van der Waals surface area contributed by atoms with E-state index >= 15 is 0 Å². The molecule has 1 aromatic carbocycles. The summed E-state index contributed by atoms with van der Waals surface area (Å²) in [7, 11) is 0. The van der Waals surface area contributed by atoms with Crippen molar-refractivity contribution in [1.82, 2.24) is 5.32 Å². The molecule has 1 heterocycles. The number of hydrogen-bond acceptors (Lipinski definition) is 4. The summed E-state index contributed by atoms with van der Waals surface area (Å²) in [5.74, 6) is 0.256. The molecule has 6 nitrogen and oxygen atoms in total. The number of nitrogens with one attached hydrogen (secondary N) is 1. The van der Waals surface area contributed by atoms with Crippen LogP contribution in [0.2, 0.25) is 0 Å². The van der Waals surface area contributed by atoms with Crippen molar-refractivity contribution < 1.29 is 9.72 Å². The van der Waals surface area contributed by atoms with E-state index < -0.39 is 0 Å². The second kappa shape index (κ2) is 8.66. The third-order valence-corrected chi connectivity index (χ3v) is 4.39. The van der Waals surface area contributed by atoms with Crippen LogP contribution in [-0.2, 0) is 0 Å². The van der Waals surface area contributed by atoms with Crippen LogP contribution in [0, 0.1) is 16.0 Å². The fraction of sp³-hybridized carbons (Fsp3) is 0.611. The molecule has 0 atom stereocenters. The lowest BCUT2D eigenvalue weighted by molar-refractivity contribution is -0.384. The van der Waals surface area contributed by atoms with Crippen LogP contribution < -0.4 is 10.2 Å². The first-order valence-corrected chi connectivity index (χ1v) is 8.80. The molecule has 2 rings (SSSR count). The molecule has 0 radical (unpaired) electrons. The van der Waals surface area contributed by atoms with Gasteiger partial charge in [0.25, 0.3) is 11.6 Å². The van der Waals surface area contributed by atoms with E-state index in [9.17, 15) is 14.9 Å². The zero-order valence-corrected chi connectivity index (χ0v) is 14.6. The number of nitro groups is 1. The summed E-state index contributed by atoms with van der Waals surface area (Å²) in [4.78, 5) is 25.4. The van der Waals surface area contributed by atoms with Crippen molar-refractivity contribution in [3.8, 4) is 0 Å². The monoisotopic (exact) mass is 333 g/mol. The van der Waals surface area contributed by atoms with E-state index in [4.69, 9.17) is 0 Å². The number of carbonyl (C=O) groups excluding carboxylic acids is 1. The molecule has 1 aliphatic rings. The van der Waals surface area contributed by atoms with Gasteiger partial charge in [-0.3, -0.25) is 14.9 Å². The summed E-state index contributed by atoms with van der Waals surface area (Å²) in [6.45, 7) is 6.43. The lowest BCUT2D eigenvalue weighted by atomic mass is 10.1. The highest BCUT2D eigenvalue weighted by atomic mass is 16.6. The number of nitro benzene ring substituents is 1. The molecular weight excluding hydrogens is 306 g/mol. The lowest BCUT2D eigenvalue weighted by Crippen LogP contribution is -2.27. The van der Waals surface area contributed by atoms with Crippen molar-refractivity contribution in [1.29, 1.82) is 0 Å². The number of carbonyl (C=O) groups is 1. The van der Waals surface area contributed by atoms with Gasteiger partial charge in [-0.25, -0.2) is 0 Å². The highest BCUT2D eigenvalue weighted by Gasteiger charge is 2.22. The van der Waals surface area contributed by atoms with Gasteiger partial charge in [-0.05, 0) is 37.3 Å². The molecule has 24 heavy (non-hydrogen) atoms. The molecule has 1 N–H and O–H groups in total. The fourth-order valence-electron chi connectivity index (χ4n) is 2.97. The van der Waals surface area contributed by atoms with E-state index in [1.807, 2.05) is 0 Å². The topological polar surface area (TPSA) is 75.5 Å². The Morgan fingerprint density at radius 3 is 2.50 bits per heavy atom. The lowest BCUT2D eigenvalue weighted by Gasteiger charge is -2.22. The molecule has 1 amide bonds. The van der Waals surface area contributed by atoms with Crippen molar-refractivity contribution >= 4 is 17.3 Å². The van der Waals surface area contributed by atoms with Gasteiger partial charge < -0.3 is 10.2 Å². The van der Waals surface area contributed by atoms with Crippen LogP contribution in [0.4, 0.5) is 11.4 Å². The van der Waals surface area contributed by atoms with Crippen molar-refractivity contribution in [2.24, 2.45) is 5.92 Å². The molecule has 6 heteroatoms. The van der Waals surface area contributed by atoms with E-state index in [0.717, 1.165) is 32.4 Å². The average molecular weight is 333 g/mol. The van der Waals surface area contributed by atoms with Gasteiger partial charge in [-0.2, -0.15) is 0 Å². The fourth-order valence-corrected chi connectivity index (χ4v) is 2.97. The minimum absolute atomic E-state index is 0.0217. The Labute approximate surface area is 143 Å². The normalized spacial score (nSPS) is 15.2. The zero-order chi connectivity index (χ0) is 17.5. The van der Waals surface area contributed by atoms with E-state index in [1.54, 1.807) is 12.1 Å². The predicted octanol–water partition coefficient (Wildman–Crippen LogP) is 3.75. The highest BCUT2D eigenvalue weighted by Crippen LogP contribution is 2.31. The highest BCUT2D eigenvalue weighted by molar-refractivity contribution is 5.95. The van der Waals surface area contributed by atoms with Gasteiger partial charge in [0.2, 0.25) is 0 Å². The number of anilines is 1. The van der Waals surface area contributed by atoms with Crippen molar-refractivity contribution in [2.45, 2.75) is 46.0 Å². The van der Waals surface area contributed by atoms with E-state index in [1.165, 1.54) is 18.9 Å². The molecule has 0 spiro atoms. The molecule has 0 unspecified atom stereocenters. The van der Waals surface area contributed by atoms with Gasteiger partial charge in [-0.15, -0.1) is 0 Å². The van der Waals surface area contributed by atoms with Crippen LogP contribution in [0.25, 0.3) is 0 Å². The number of hydrogen-bond donors (Lipinski definition) is 1. The number of rotatable bonds is 6. The van der Waals surface area contributed by atoms with Gasteiger partial charge in [0.15, 0.2) is 0 Å². The van der Waals surface area contributed by atoms with Gasteiger partial charge >= 0.3 is 0 Å². The third-order valence-electron chi connectivity index (χ3n) is 4.39. The van der Waals surface area contributed by atoms with Crippen LogP contribution in [0.5, 0.6) is 0 Å². The maximum Gasteiger partial charge on any atom is 0.293 e. The van der Waals surface area contributed by atoms with E-state index in [2.05, 4.69) is 24.1 Å². The summed E-state index contributed by atoms with van der Waals surface area (Å²) < 4.78 is 0. The van der Waals surface area contributed by atoms with E-state index in [0.29, 0.717) is 23.7 Å². The summed E-state index contributed by atoms with van der Waals surface area (Å²) >= 11 is 0. The quantitative estimate of drug-likeness (QED) is 0.635. The molecule has 0 bridgehead atoms. The van der Waals surface area contributed by atoms with Gasteiger partial charge in [0, 0.05) is 31.3 Å². The zero-order valence-electron chi connectivity index (χ0n) is 14.6. The van der Waals surface area contributed by atoms with Gasteiger partial charge in [-0.1, -0.05) is 26.7 Å². The smallest absolute Gasteiger partial charge is 0.293 e. The summed E-state index contributed by atoms with van der Waals surface area (Å²) in [5, 5.41) is 14.3. The van der Waals surface area contributed by atoms with Crippen LogP contribution in [-0.4, -0.2) is 30.5 Å². The molecule has 0 saturated carbocycles. The molecular formula is C18H27N3O3. The van der Waals surface area contributed by atoms with Crippen LogP contribution >= 0.6 is 0 Å². The average Bonchev–Trinajstić information content (AvgIpc) is 2.83. The number of amides is 1. The second-order valence-electron chi connectivity index (χ2n) is 6.80. The Hall–Kier alpha value is -2.11. The number of benzene rings is 1. The minimum Gasteiger partial charge on any atom is -0.366 e. The van der Waals surface area contributed by atoms with Crippen molar-refractivity contribution in [3.63, 3.8) is 0 Å². The van der Waals surface area contributed by atoms with Crippen LogP contribution in [0.15, 0.2) is 18.2 Å². The molecule has 0 aromatic heterocycles. The maximum absolute atomic E-state index is 12.2. The standard InChI is InChI=1S/C18H27N3O3/c1-14(2)9-10-19-18(22)15-7-8-16(17(13-15)21(23)24)20-11-5-3-4-6-12-20/h7-8,13-14H,3-6,9-12H2,1-2H3,(H,19,22). The summed E-state index contributed by atoms with van der Waals surface area (Å²) in [5.41, 5.74) is 0.998. The van der Waals surface area contributed by atoms with Crippen LogP contribution in [0.1, 0.15) is 56.3 Å². The van der Waals surface area contributed by atoms with Crippen molar-refractivity contribution in [3.05, 3.63) is 33.9 Å². The minimum atomic E-state index is -0.384. The predicted molar refractivity (Wildman–Crippen MR) is 95.6 cm³/mol. The molecule has 1 saturated heterocycles. The van der Waals surface area contributed by atoms with Crippen molar-refractivity contribution in [2.75, 3.05) is 24.5 Å². The molecule has 1 fully saturated rings. The summed E-state index contributed by atoms with van der Waals surface area (Å²) in [6.07, 6.45) is 5.32. The number of nitrogens with zero attached hydrogens (tertiary/aromatic N) is 2. The van der Waals surface area contributed by atoms with Crippen LogP contribution in [0.3, 0.4) is 0 Å². The van der Waals surface area contributed by atoms with Gasteiger partial charge in [0.1, 0.15) is 5.69 Å². The molecule has 132 valence electrons. The van der Waals surface area contributed by atoms with E-state index in [-0.39, 0.29) is 16.5 Å². The third kappa shape index (κ3) is 4.94. The molecule has 0 aliphatic carbocycles. The Balaban J connectivity index is 2.16.